The van der Waals surface area contributed by atoms with Gasteiger partial charge in [-0.3, -0.25) is 0 Å². The van der Waals surface area contributed by atoms with Crippen molar-refractivity contribution in [3.63, 3.8) is 0 Å². The summed E-state index contributed by atoms with van der Waals surface area (Å²) in [7, 11) is 0. The van der Waals surface area contributed by atoms with Crippen LogP contribution >= 0.6 is 0 Å². The number of hydrogen-bond donors (Lipinski definition) is 1. The van der Waals surface area contributed by atoms with Crippen molar-refractivity contribution in [1.29, 1.82) is 5.26 Å². The van der Waals surface area contributed by atoms with Crippen molar-refractivity contribution in [2.45, 2.75) is 24.8 Å². The number of aromatic nitrogens is 8. The number of nitrogens with one attached hydrogen (secondary N) is 1. The fourth-order valence-corrected chi connectivity index (χ4v) is 7.21. The van der Waals surface area contributed by atoms with E-state index >= 15 is 26.3 Å². The number of fused-ring (bicyclic) bond motifs is 20. The highest BCUT2D eigenvalue weighted by Gasteiger charge is 2.54. The Balaban J connectivity index is 1.62. The number of hydrogen-bond acceptors (Lipinski definition) is 7. The van der Waals surface area contributed by atoms with Gasteiger partial charge in [-0.2, -0.15) is 44.8 Å². The highest BCUT2D eigenvalue weighted by atomic mass is 19.4. The van der Waals surface area contributed by atoms with Crippen LogP contribution in [-0.4, -0.2) is 39.5 Å². The summed E-state index contributed by atoms with van der Waals surface area (Å²) in [6.45, 7) is 0. The Labute approximate surface area is 312 Å². The lowest BCUT2D eigenvalue weighted by molar-refractivity contribution is -0.198. The van der Waals surface area contributed by atoms with E-state index in [9.17, 15) is 31.6 Å². The predicted molar refractivity (Wildman–Crippen MR) is 181 cm³/mol. The Morgan fingerprint density at radius 1 is 0.466 bits per heavy atom. The van der Waals surface area contributed by atoms with E-state index in [1.807, 2.05) is 0 Å². The van der Waals surface area contributed by atoms with Crippen molar-refractivity contribution in [3.05, 3.63) is 95.1 Å². The van der Waals surface area contributed by atoms with Gasteiger partial charge in [-0.1, -0.05) is 72.8 Å². The average molecular weight is 812 g/mol. The van der Waals surface area contributed by atoms with E-state index in [1.165, 1.54) is 72.8 Å². The van der Waals surface area contributed by atoms with E-state index in [2.05, 4.69) is 34.9 Å². The van der Waals surface area contributed by atoms with Gasteiger partial charge in [0, 0.05) is 43.8 Å². The molecule has 1 N–H and O–H groups in total. The molecule has 0 saturated heterocycles. The first kappa shape index (κ1) is 36.5. The lowest BCUT2D eigenvalue weighted by Gasteiger charge is -2.23. The molecule has 0 unspecified atom stereocenters. The van der Waals surface area contributed by atoms with E-state index in [-0.39, 0.29) is 37.6 Å². The molecular formula is C37H13F12N9. The lowest BCUT2D eigenvalue weighted by Crippen LogP contribution is -2.25. The number of alkyl halides is 12. The second-order valence-corrected chi connectivity index (χ2v) is 12.7. The van der Waals surface area contributed by atoms with Gasteiger partial charge in [-0.15, -0.1) is 13.2 Å². The average Bonchev–Trinajstić information content (AvgIpc) is 3.87. The number of nitriles is 1. The van der Waals surface area contributed by atoms with Crippen LogP contribution in [0, 0.1) is 11.3 Å². The molecule has 290 valence electrons. The maximum absolute atomic E-state index is 15.2. The topological polar surface area (TPSA) is 122 Å². The molecule has 9 rings (SSSR count). The van der Waals surface area contributed by atoms with Crippen LogP contribution in [0.1, 0.15) is 22.3 Å². The zero-order valence-corrected chi connectivity index (χ0v) is 28.0. The third-order valence-corrected chi connectivity index (χ3v) is 9.36. The monoisotopic (exact) mass is 811 g/mol. The molecule has 4 aromatic carbocycles. The highest BCUT2D eigenvalue weighted by molar-refractivity contribution is 6.11. The van der Waals surface area contributed by atoms with Gasteiger partial charge in [-0.25, -0.2) is 34.5 Å². The molecule has 9 nitrogen and oxygen atoms in total. The van der Waals surface area contributed by atoms with Crippen LogP contribution < -0.4 is 0 Å². The van der Waals surface area contributed by atoms with Crippen molar-refractivity contribution >= 4 is 44.1 Å². The number of H-pyrrole nitrogens is 1. The first-order valence-corrected chi connectivity index (χ1v) is 16.3. The maximum atomic E-state index is 15.2. The molecular weight excluding hydrogens is 798 g/mol. The minimum atomic E-state index is -6.34. The molecule has 7 aromatic rings. The summed E-state index contributed by atoms with van der Waals surface area (Å²) in [6, 6.07) is 17.4. The summed E-state index contributed by atoms with van der Waals surface area (Å²) in [6.07, 6.45) is -23.9. The predicted octanol–water partition coefficient (Wildman–Crippen LogP) is 10.7. The summed E-state index contributed by atoms with van der Waals surface area (Å²) in [5, 5.41) is 6.95. The molecule has 2 aliphatic rings. The van der Waals surface area contributed by atoms with E-state index in [0.717, 1.165) is 6.07 Å². The molecule has 0 amide bonds. The SMILES string of the molecule is N#Cc1c(C(F)(F)F)c(C(F)(F)F)c(C(F)(F)F)c2c3nc4nc(nc5c6ccccc6c(nc6nc(nc([nH]3)c12)-c1ccccc1-6)n5C(F)(F)F)-c1ccccc1-4. The third kappa shape index (κ3) is 5.42. The minimum Gasteiger partial charge on any atom is -0.324 e. The zero-order chi connectivity index (χ0) is 41.3. The highest BCUT2D eigenvalue weighted by Crippen LogP contribution is 2.53. The fraction of sp³-hybridized carbons (Fsp3) is 0.108. The largest absolute Gasteiger partial charge is 0.491 e. The van der Waals surface area contributed by atoms with Crippen LogP contribution in [0.5, 0.6) is 0 Å². The molecule has 0 aliphatic carbocycles. The Morgan fingerprint density at radius 2 is 0.845 bits per heavy atom. The Hall–Kier alpha value is -7.11. The standard InChI is InChI=1S/C37H13F12N9/c38-34(39,40)23-20(13-50)21-22(24(35(41,42)43)25(23)36(44,45)46)31-54-27-15-8-2-4-10-17(15)29(52-27)57-33-19-12-6-5-11-18(19)32(58(33)37(47,48)49)56-28-16-9-3-1-7-14(16)26(51-28)53-30(21)55-31/h1-12H,(H,51,52,53,54,55,56,57). The van der Waals surface area contributed by atoms with Crippen molar-refractivity contribution in [2.75, 3.05) is 0 Å². The van der Waals surface area contributed by atoms with Gasteiger partial charge < -0.3 is 4.98 Å². The molecule has 0 atom stereocenters. The zero-order valence-electron chi connectivity index (χ0n) is 28.0. The van der Waals surface area contributed by atoms with Crippen LogP contribution in [0.4, 0.5) is 52.7 Å². The van der Waals surface area contributed by atoms with Gasteiger partial charge in [0.25, 0.3) is 0 Å². The van der Waals surface area contributed by atoms with E-state index in [1.54, 1.807) is 0 Å². The first-order valence-electron chi connectivity index (χ1n) is 16.3. The van der Waals surface area contributed by atoms with Crippen molar-refractivity contribution in [1.82, 2.24) is 39.5 Å². The van der Waals surface area contributed by atoms with Crippen LogP contribution in [0.2, 0.25) is 0 Å². The van der Waals surface area contributed by atoms with Crippen molar-refractivity contribution < 1.29 is 52.7 Å². The minimum absolute atomic E-state index is 0.00331. The van der Waals surface area contributed by atoms with Crippen LogP contribution in [-0.2, 0) is 24.8 Å². The normalized spacial score (nSPS) is 13.2. The van der Waals surface area contributed by atoms with Gasteiger partial charge in [0.15, 0.2) is 34.6 Å². The van der Waals surface area contributed by atoms with Crippen LogP contribution in [0.15, 0.2) is 72.8 Å². The van der Waals surface area contributed by atoms with Crippen LogP contribution in [0.3, 0.4) is 0 Å². The van der Waals surface area contributed by atoms with Gasteiger partial charge in [0.2, 0.25) is 0 Å². The first-order chi connectivity index (χ1) is 27.3. The molecule has 58 heavy (non-hydrogen) atoms. The molecule has 8 bridgehead atoms. The van der Waals surface area contributed by atoms with Crippen LogP contribution in [0.25, 0.3) is 89.7 Å². The van der Waals surface area contributed by atoms with Gasteiger partial charge in [0.1, 0.15) is 17.4 Å². The number of aromatic amines is 1. The summed E-state index contributed by atoms with van der Waals surface area (Å²) >= 11 is 0. The Bertz CT molecular complexity index is 3150. The fourth-order valence-electron chi connectivity index (χ4n) is 7.21. The van der Waals surface area contributed by atoms with Gasteiger partial charge in [-0.05, 0) is 0 Å². The van der Waals surface area contributed by atoms with E-state index < -0.39 is 104 Å². The number of benzene rings is 4. The second kappa shape index (κ2) is 12.0. The molecule has 21 heteroatoms. The quantitative estimate of drug-likeness (QED) is 0.151. The summed E-state index contributed by atoms with van der Waals surface area (Å²) in [4.78, 5) is 27.4. The molecule has 2 aliphatic heterocycles. The summed E-state index contributed by atoms with van der Waals surface area (Å²) in [5.74, 6) is -2.10. The Kier molecular flexibility index (Phi) is 7.53. The second-order valence-electron chi connectivity index (χ2n) is 12.7. The Morgan fingerprint density at radius 3 is 1.22 bits per heavy atom. The summed E-state index contributed by atoms with van der Waals surface area (Å²) < 4.78 is 178. The molecule has 0 spiro atoms. The van der Waals surface area contributed by atoms with Gasteiger partial charge >= 0.3 is 24.8 Å². The smallest absolute Gasteiger partial charge is 0.324 e. The van der Waals surface area contributed by atoms with Crippen molar-refractivity contribution in [3.8, 4) is 51.6 Å². The van der Waals surface area contributed by atoms with E-state index in [4.69, 9.17) is 0 Å². The number of rotatable bonds is 0. The molecule has 0 fully saturated rings. The molecule has 5 heterocycles. The molecule has 0 saturated carbocycles. The van der Waals surface area contributed by atoms with Gasteiger partial charge in [0.05, 0.1) is 22.3 Å². The maximum Gasteiger partial charge on any atom is 0.491 e. The van der Waals surface area contributed by atoms with E-state index in [0.29, 0.717) is 0 Å². The number of nitrogens with zero attached hydrogens (tertiary/aromatic N) is 8. The summed E-state index contributed by atoms with van der Waals surface area (Å²) in [5.41, 5.74) is -14.7. The molecule has 0 radical (unpaired) electrons. The lowest BCUT2D eigenvalue weighted by atomic mass is 9.89. The molecule has 3 aromatic heterocycles. The third-order valence-electron chi connectivity index (χ3n) is 9.36. The van der Waals surface area contributed by atoms with Crippen molar-refractivity contribution in [2.24, 2.45) is 0 Å². The number of halogens is 12.